The Hall–Kier alpha value is -1.81. The third kappa shape index (κ3) is 2.70. The average molecular weight is 293 g/mol. The summed E-state index contributed by atoms with van der Waals surface area (Å²) in [6.07, 6.45) is 0.554. The van der Waals surface area contributed by atoms with Gasteiger partial charge in [0.25, 0.3) is 5.91 Å². The van der Waals surface area contributed by atoms with Gasteiger partial charge in [0, 0.05) is 12.1 Å². The molecule has 0 fully saturated rings. The van der Waals surface area contributed by atoms with Gasteiger partial charge in [0.05, 0.1) is 11.3 Å². The lowest BCUT2D eigenvalue weighted by Crippen LogP contribution is -2.45. The standard InChI is InChI=1S/C15H17ClN2O2/c1-3-12-15(20)18(9-10(2)8-16)13-7-5-4-6-11(13)14(19)17-12/h4-8,12H,3,9H2,1-2H3,(H,17,19)/b10-8+. The zero-order valence-electron chi connectivity index (χ0n) is 11.5. The van der Waals surface area contributed by atoms with Gasteiger partial charge >= 0.3 is 0 Å². The van der Waals surface area contributed by atoms with Gasteiger partial charge in [-0.2, -0.15) is 0 Å². The second-order valence-corrected chi connectivity index (χ2v) is 5.05. The highest BCUT2D eigenvalue weighted by Gasteiger charge is 2.32. The Morgan fingerprint density at radius 1 is 1.40 bits per heavy atom. The predicted molar refractivity (Wildman–Crippen MR) is 80.0 cm³/mol. The summed E-state index contributed by atoms with van der Waals surface area (Å²) in [5, 5.41) is 2.77. The highest BCUT2D eigenvalue weighted by atomic mass is 35.5. The number of carbonyl (C=O) groups excluding carboxylic acids is 2. The van der Waals surface area contributed by atoms with Crippen LogP contribution in [0.25, 0.3) is 0 Å². The molecule has 1 aliphatic rings. The number of nitrogens with zero attached hydrogens (tertiary/aromatic N) is 1. The molecule has 0 aromatic heterocycles. The Bertz CT molecular complexity index is 569. The molecule has 0 bridgehead atoms. The Morgan fingerprint density at radius 2 is 2.10 bits per heavy atom. The minimum atomic E-state index is -0.502. The number of benzene rings is 1. The molecule has 2 amide bonds. The molecule has 0 radical (unpaired) electrons. The molecule has 0 aliphatic carbocycles. The number of carbonyl (C=O) groups is 2. The summed E-state index contributed by atoms with van der Waals surface area (Å²) in [5.41, 5.74) is 3.46. The quantitative estimate of drug-likeness (QED) is 0.931. The van der Waals surface area contributed by atoms with Crippen molar-refractivity contribution in [3.8, 4) is 0 Å². The van der Waals surface area contributed by atoms with Crippen LogP contribution in [-0.4, -0.2) is 24.4 Å². The summed E-state index contributed by atoms with van der Waals surface area (Å²) >= 11 is 5.70. The first-order valence-corrected chi connectivity index (χ1v) is 6.99. The van der Waals surface area contributed by atoms with Crippen molar-refractivity contribution in [3.63, 3.8) is 0 Å². The van der Waals surface area contributed by atoms with E-state index in [0.29, 0.717) is 24.2 Å². The van der Waals surface area contributed by atoms with Crippen LogP contribution in [-0.2, 0) is 4.79 Å². The summed E-state index contributed by atoms with van der Waals surface area (Å²) < 4.78 is 0. The van der Waals surface area contributed by atoms with Gasteiger partial charge in [-0.3, -0.25) is 9.59 Å². The second-order valence-electron chi connectivity index (χ2n) is 4.83. The number of fused-ring (bicyclic) bond motifs is 1. The number of rotatable bonds is 3. The second kappa shape index (κ2) is 6.09. The van der Waals surface area contributed by atoms with Crippen molar-refractivity contribution in [2.45, 2.75) is 26.3 Å². The number of hydrogen-bond acceptors (Lipinski definition) is 2. The number of amides is 2. The lowest BCUT2D eigenvalue weighted by molar-refractivity contribution is -0.120. The van der Waals surface area contributed by atoms with E-state index in [9.17, 15) is 9.59 Å². The third-order valence-corrected chi connectivity index (χ3v) is 3.68. The Morgan fingerprint density at radius 3 is 2.75 bits per heavy atom. The van der Waals surface area contributed by atoms with Crippen LogP contribution in [0.4, 0.5) is 5.69 Å². The largest absolute Gasteiger partial charge is 0.340 e. The molecular formula is C15H17ClN2O2. The van der Waals surface area contributed by atoms with E-state index in [1.165, 1.54) is 5.54 Å². The first-order chi connectivity index (χ1) is 9.58. The van der Waals surface area contributed by atoms with Crippen LogP contribution in [0.1, 0.15) is 30.6 Å². The summed E-state index contributed by atoms with van der Waals surface area (Å²) in [6, 6.07) is 6.61. The lowest BCUT2D eigenvalue weighted by Gasteiger charge is -2.25. The molecule has 0 saturated carbocycles. The molecule has 1 aliphatic heterocycles. The van der Waals surface area contributed by atoms with E-state index in [1.54, 1.807) is 23.1 Å². The van der Waals surface area contributed by atoms with Crippen molar-refractivity contribution in [1.82, 2.24) is 5.32 Å². The zero-order valence-corrected chi connectivity index (χ0v) is 12.3. The van der Waals surface area contributed by atoms with E-state index in [1.807, 2.05) is 19.9 Å². The number of nitrogens with one attached hydrogen (secondary N) is 1. The van der Waals surface area contributed by atoms with Crippen molar-refractivity contribution in [2.24, 2.45) is 0 Å². The van der Waals surface area contributed by atoms with Gasteiger partial charge in [-0.15, -0.1) is 0 Å². The lowest BCUT2D eigenvalue weighted by atomic mass is 10.1. The average Bonchev–Trinajstić information content (AvgIpc) is 2.57. The first-order valence-electron chi connectivity index (χ1n) is 6.55. The van der Waals surface area contributed by atoms with E-state index in [4.69, 9.17) is 11.6 Å². The maximum atomic E-state index is 12.6. The molecule has 1 aromatic carbocycles. The van der Waals surface area contributed by atoms with Crippen LogP contribution in [0, 0.1) is 0 Å². The molecule has 106 valence electrons. The van der Waals surface area contributed by atoms with Gasteiger partial charge in [-0.05, 0) is 31.1 Å². The first kappa shape index (κ1) is 14.6. The Labute approximate surface area is 123 Å². The summed E-state index contributed by atoms with van der Waals surface area (Å²) in [4.78, 5) is 26.4. The Kier molecular flexibility index (Phi) is 4.45. The molecule has 4 nitrogen and oxygen atoms in total. The van der Waals surface area contributed by atoms with Gasteiger partial charge in [-0.1, -0.05) is 30.7 Å². The van der Waals surface area contributed by atoms with Crippen molar-refractivity contribution < 1.29 is 9.59 Å². The number of halogens is 1. The molecule has 5 heteroatoms. The van der Waals surface area contributed by atoms with E-state index >= 15 is 0 Å². The van der Waals surface area contributed by atoms with Crippen molar-refractivity contribution >= 4 is 29.1 Å². The van der Waals surface area contributed by atoms with E-state index < -0.39 is 6.04 Å². The molecule has 1 unspecified atom stereocenters. The molecular weight excluding hydrogens is 276 g/mol. The Balaban J connectivity index is 2.51. The third-order valence-electron chi connectivity index (χ3n) is 3.31. The van der Waals surface area contributed by atoms with Gasteiger partial charge < -0.3 is 10.2 Å². The smallest absolute Gasteiger partial charge is 0.254 e. The zero-order chi connectivity index (χ0) is 14.7. The highest BCUT2D eigenvalue weighted by molar-refractivity contribution is 6.25. The fourth-order valence-corrected chi connectivity index (χ4v) is 2.30. The van der Waals surface area contributed by atoms with Crippen LogP contribution in [0.5, 0.6) is 0 Å². The SMILES string of the molecule is CCC1NC(=O)c2ccccc2N(C/C(C)=C/Cl)C1=O. The highest BCUT2D eigenvalue weighted by Crippen LogP contribution is 2.25. The van der Waals surface area contributed by atoms with Gasteiger partial charge in [-0.25, -0.2) is 0 Å². The van der Waals surface area contributed by atoms with Crippen LogP contribution < -0.4 is 10.2 Å². The molecule has 20 heavy (non-hydrogen) atoms. The van der Waals surface area contributed by atoms with Crippen molar-refractivity contribution in [2.75, 3.05) is 11.4 Å². The van der Waals surface area contributed by atoms with Crippen molar-refractivity contribution in [1.29, 1.82) is 0 Å². The van der Waals surface area contributed by atoms with Crippen LogP contribution >= 0.6 is 11.6 Å². The summed E-state index contributed by atoms with van der Waals surface area (Å²) in [7, 11) is 0. The summed E-state index contributed by atoms with van der Waals surface area (Å²) in [5.74, 6) is -0.320. The molecule has 1 atom stereocenters. The minimum Gasteiger partial charge on any atom is -0.340 e. The van der Waals surface area contributed by atoms with E-state index in [0.717, 1.165) is 5.57 Å². The number of anilines is 1. The maximum absolute atomic E-state index is 12.6. The molecule has 1 heterocycles. The van der Waals surface area contributed by atoms with E-state index in [-0.39, 0.29) is 11.8 Å². The maximum Gasteiger partial charge on any atom is 0.254 e. The van der Waals surface area contributed by atoms with Gasteiger partial charge in [0.2, 0.25) is 5.91 Å². The van der Waals surface area contributed by atoms with Crippen LogP contribution in [0.15, 0.2) is 35.4 Å². The summed E-state index contributed by atoms with van der Waals surface area (Å²) in [6.45, 7) is 4.11. The fourth-order valence-electron chi connectivity index (χ4n) is 2.23. The van der Waals surface area contributed by atoms with E-state index in [2.05, 4.69) is 5.32 Å². The van der Waals surface area contributed by atoms with Gasteiger partial charge in [0.1, 0.15) is 6.04 Å². The number of hydrogen-bond donors (Lipinski definition) is 1. The molecule has 1 aromatic rings. The van der Waals surface area contributed by atoms with Crippen molar-refractivity contribution in [3.05, 3.63) is 40.9 Å². The van der Waals surface area contributed by atoms with Crippen LogP contribution in [0.2, 0.25) is 0 Å². The van der Waals surface area contributed by atoms with Gasteiger partial charge in [0.15, 0.2) is 0 Å². The number of para-hydroxylation sites is 1. The minimum absolute atomic E-state index is 0.108. The predicted octanol–water partition coefficient (Wildman–Crippen LogP) is 2.68. The monoisotopic (exact) mass is 292 g/mol. The van der Waals surface area contributed by atoms with Crippen LogP contribution in [0.3, 0.4) is 0 Å². The topological polar surface area (TPSA) is 49.4 Å². The molecule has 1 N–H and O–H groups in total. The fraction of sp³-hybridized carbons (Fsp3) is 0.333. The normalized spacial score (nSPS) is 19.4. The molecule has 2 rings (SSSR count). The molecule has 0 saturated heterocycles. The molecule has 0 spiro atoms.